The van der Waals surface area contributed by atoms with Crippen LogP contribution in [-0.2, 0) is 4.79 Å². The van der Waals surface area contributed by atoms with E-state index in [1.165, 1.54) is 0 Å². The van der Waals surface area contributed by atoms with Crippen molar-refractivity contribution in [2.75, 3.05) is 19.5 Å². The third-order valence-corrected chi connectivity index (χ3v) is 5.31. The summed E-state index contributed by atoms with van der Waals surface area (Å²) in [6.45, 7) is 1.83. The van der Waals surface area contributed by atoms with Gasteiger partial charge in [-0.2, -0.15) is 0 Å². The first-order valence-corrected chi connectivity index (χ1v) is 9.25. The van der Waals surface area contributed by atoms with Crippen molar-refractivity contribution in [1.29, 1.82) is 0 Å². The molecular formula is C20H21N3O4S. The number of nitrogens with one attached hydrogen (secondary N) is 3. The predicted molar refractivity (Wildman–Crippen MR) is 109 cm³/mol. The Morgan fingerprint density at radius 1 is 1.14 bits per heavy atom. The van der Waals surface area contributed by atoms with Crippen LogP contribution in [0.3, 0.4) is 0 Å². The van der Waals surface area contributed by atoms with Crippen LogP contribution in [0.4, 0.5) is 5.69 Å². The van der Waals surface area contributed by atoms with Gasteiger partial charge in [0.25, 0.3) is 0 Å². The van der Waals surface area contributed by atoms with Crippen LogP contribution in [0.5, 0.6) is 17.2 Å². The van der Waals surface area contributed by atoms with Crippen molar-refractivity contribution < 1.29 is 19.0 Å². The standard InChI is InChI=1S/C20H21N3O4S/c1-20-16(18(24)21-11-4-6-12(25-2)7-5-11)17(22-19(28)23-20)14-10-13(26-3)8-9-15(14)27-20/h4-10,16-17H,1-3H3,(H,21,24)(H2,22,23,28). The minimum absolute atomic E-state index is 0.186. The second-order valence-electron chi connectivity index (χ2n) is 6.88. The Morgan fingerprint density at radius 2 is 1.82 bits per heavy atom. The van der Waals surface area contributed by atoms with Gasteiger partial charge in [-0.3, -0.25) is 4.79 Å². The largest absolute Gasteiger partial charge is 0.497 e. The van der Waals surface area contributed by atoms with Gasteiger partial charge >= 0.3 is 0 Å². The molecule has 0 spiro atoms. The van der Waals surface area contributed by atoms with Gasteiger partial charge in [0.1, 0.15) is 23.2 Å². The molecule has 2 aliphatic rings. The number of benzene rings is 2. The summed E-state index contributed by atoms with van der Waals surface area (Å²) in [4.78, 5) is 13.2. The summed E-state index contributed by atoms with van der Waals surface area (Å²) in [5.41, 5.74) is 0.521. The SMILES string of the molecule is COc1ccc(NC(=O)C2C3NC(=S)NC2(C)Oc2ccc(OC)cc23)cc1. The number of thiocarbonyl (C=S) groups is 1. The monoisotopic (exact) mass is 399 g/mol. The van der Waals surface area contributed by atoms with E-state index in [-0.39, 0.29) is 11.9 Å². The normalized spacial score (nSPS) is 24.8. The van der Waals surface area contributed by atoms with Gasteiger partial charge in [0, 0.05) is 11.3 Å². The average Bonchev–Trinajstić information content (AvgIpc) is 2.67. The highest BCUT2D eigenvalue weighted by Crippen LogP contribution is 2.46. The van der Waals surface area contributed by atoms with E-state index in [1.54, 1.807) is 38.5 Å². The Bertz CT molecular complexity index is 934. The smallest absolute Gasteiger partial charge is 0.236 e. The summed E-state index contributed by atoms with van der Waals surface area (Å²) < 4.78 is 16.7. The average molecular weight is 399 g/mol. The molecule has 2 heterocycles. The molecule has 1 saturated heterocycles. The van der Waals surface area contributed by atoms with Crippen molar-refractivity contribution in [3.8, 4) is 17.2 Å². The Morgan fingerprint density at radius 3 is 2.50 bits per heavy atom. The van der Waals surface area contributed by atoms with Gasteiger partial charge in [0.15, 0.2) is 10.8 Å². The summed E-state index contributed by atoms with van der Waals surface area (Å²) in [5, 5.41) is 9.74. The zero-order chi connectivity index (χ0) is 19.9. The molecule has 0 aliphatic carbocycles. The second kappa shape index (κ2) is 6.87. The lowest BCUT2D eigenvalue weighted by molar-refractivity contribution is -0.132. The molecule has 1 amide bonds. The highest BCUT2D eigenvalue weighted by atomic mass is 32.1. The lowest BCUT2D eigenvalue weighted by atomic mass is 9.80. The molecule has 146 valence electrons. The van der Waals surface area contributed by atoms with E-state index in [1.807, 2.05) is 25.1 Å². The molecule has 3 N–H and O–H groups in total. The molecule has 2 aliphatic heterocycles. The molecule has 3 atom stereocenters. The third-order valence-electron chi connectivity index (χ3n) is 5.09. The van der Waals surface area contributed by atoms with Crippen LogP contribution < -0.4 is 30.2 Å². The lowest BCUT2D eigenvalue weighted by Crippen LogP contribution is -2.70. The van der Waals surface area contributed by atoms with Crippen molar-refractivity contribution in [2.24, 2.45) is 5.92 Å². The maximum absolute atomic E-state index is 13.2. The van der Waals surface area contributed by atoms with Crippen molar-refractivity contribution in [2.45, 2.75) is 18.7 Å². The number of rotatable bonds is 4. The van der Waals surface area contributed by atoms with Crippen LogP contribution in [0.1, 0.15) is 18.5 Å². The number of carbonyl (C=O) groups excluding carboxylic acids is 1. The molecule has 1 fully saturated rings. The molecule has 0 radical (unpaired) electrons. The molecule has 8 heteroatoms. The van der Waals surface area contributed by atoms with Gasteiger partial charge < -0.3 is 30.2 Å². The summed E-state index contributed by atoms with van der Waals surface area (Å²) in [7, 11) is 3.20. The molecule has 2 aromatic carbocycles. The van der Waals surface area contributed by atoms with Crippen molar-refractivity contribution >= 4 is 28.9 Å². The fraction of sp³-hybridized carbons (Fsp3) is 0.300. The summed E-state index contributed by atoms with van der Waals surface area (Å²) in [5.74, 6) is 1.34. The molecule has 0 saturated carbocycles. The molecule has 0 aromatic heterocycles. The fourth-order valence-corrected chi connectivity index (χ4v) is 4.07. The van der Waals surface area contributed by atoms with Gasteiger partial charge in [-0.05, 0) is 61.6 Å². The highest BCUT2D eigenvalue weighted by Gasteiger charge is 2.54. The van der Waals surface area contributed by atoms with Crippen LogP contribution in [0, 0.1) is 5.92 Å². The van der Waals surface area contributed by atoms with Crippen LogP contribution in [0.15, 0.2) is 42.5 Å². The Labute approximate surface area is 168 Å². The van der Waals surface area contributed by atoms with Crippen LogP contribution in [0.2, 0.25) is 0 Å². The third kappa shape index (κ3) is 3.09. The second-order valence-corrected chi connectivity index (χ2v) is 7.29. The van der Waals surface area contributed by atoms with Crippen molar-refractivity contribution in [1.82, 2.24) is 10.6 Å². The molecule has 28 heavy (non-hydrogen) atoms. The maximum atomic E-state index is 13.2. The number of anilines is 1. The molecule has 7 nitrogen and oxygen atoms in total. The van der Waals surface area contributed by atoms with Crippen molar-refractivity contribution in [3.63, 3.8) is 0 Å². The van der Waals surface area contributed by atoms with E-state index < -0.39 is 11.6 Å². The lowest BCUT2D eigenvalue weighted by Gasteiger charge is -2.50. The number of hydrogen-bond donors (Lipinski definition) is 3. The van der Waals surface area contributed by atoms with Crippen LogP contribution >= 0.6 is 12.2 Å². The fourth-order valence-electron chi connectivity index (χ4n) is 3.74. The zero-order valence-electron chi connectivity index (χ0n) is 15.7. The summed E-state index contributed by atoms with van der Waals surface area (Å²) in [6.07, 6.45) is 0. The first-order chi connectivity index (χ1) is 13.4. The predicted octanol–water partition coefficient (Wildman–Crippen LogP) is 2.59. The van der Waals surface area contributed by atoms with E-state index >= 15 is 0 Å². The van der Waals surface area contributed by atoms with Gasteiger partial charge in [-0.25, -0.2) is 0 Å². The number of methoxy groups -OCH3 is 2. The number of hydrogen-bond acceptors (Lipinski definition) is 5. The quantitative estimate of drug-likeness (QED) is 0.682. The Balaban J connectivity index is 1.68. The maximum Gasteiger partial charge on any atom is 0.236 e. The van der Waals surface area contributed by atoms with E-state index in [2.05, 4.69) is 16.0 Å². The molecular weight excluding hydrogens is 378 g/mol. The van der Waals surface area contributed by atoms with Crippen molar-refractivity contribution in [3.05, 3.63) is 48.0 Å². The van der Waals surface area contributed by atoms with E-state index in [0.29, 0.717) is 22.3 Å². The molecule has 4 rings (SSSR count). The number of ether oxygens (including phenoxy) is 3. The minimum Gasteiger partial charge on any atom is -0.497 e. The van der Waals surface area contributed by atoms with Gasteiger partial charge in [0.05, 0.1) is 20.3 Å². The molecule has 2 aromatic rings. The number of amides is 1. The number of carbonyl (C=O) groups is 1. The minimum atomic E-state index is -0.981. The first-order valence-electron chi connectivity index (χ1n) is 8.84. The topological polar surface area (TPSA) is 80.9 Å². The Kier molecular flexibility index (Phi) is 4.50. The Hall–Kier alpha value is -3.00. The first kappa shape index (κ1) is 18.4. The zero-order valence-corrected chi connectivity index (χ0v) is 16.6. The van der Waals surface area contributed by atoms with Gasteiger partial charge in [-0.1, -0.05) is 0 Å². The summed E-state index contributed by atoms with van der Waals surface area (Å²) in [6, 6.07) is 12.4. The highest BCUT2D eigenvalue weighted by molar-refractivity contribution is 7.80. The van der Waals surface area contributed by atoms with Gasteiger partial charge in [0.2, 0.25) is 5.91 Å². The van der Waals surface area contributed by atoms with Crippen LogP contribution in [0.25, 0.3) is 0 Å². The number of fused-ring (bicyclic) bond motifs is 4. The van der Waals surface area contributed by atoms with Gasteiger partial charge in [-0.15, -0.1) is 0 Å². The van der Waals surface area contributed by atoms with E-state index in [9.17, 15) is 4.79 Å². The molecule has 2 bridgehead atoms. The van der Waals surface area contributed by atoms with E-state index in [0.717, 1.165) is 11.3 Å². The van der Waals surface area contributed by atoms with E-state index in [4.69, 9.17) is 26.4 Å². The van der Waals surface area contributed by atoms with Crippen LogP contribution in [-0.4, -0.2) is 31.0 Å². The molecule has 3 unspecified atom stereocenters. The summed E-state index contributed by atoms with van der Waals surface area (Å²) >= 11 is 5.34.